The van der Waals surface area contributed by atoms with Crippen LogP contribution in [0, 0.1) is 6.92 Å². The summed E-state index contributed by atoms with van der Waals surface area (Å²) in [5, 5.41) is 8.59. The lowest BCUT2D eigenvalue weighted by molar-refractivity contribution is 0.598. The van der Waals surface area contributed by atoms with Crippen molar-refractivity contribution < 1.29 is 8.42 Å². The minimum atomic E-state index is -3.67. The maximum absolute atomic E-state index is 11.4. The normalized spacial score (nSPS) is 17.5. The standard InChI is InChI=1S/C16H18N2O2S/c1-11-5-6-12-7-8-16(15(12)9-11)18-13-3-2-4-14(10-13)21(17,19)20/h2-6,9-10,16,18H,7-8H2,1H3,(H2,17,19,20). The number of anilines is 1. The van der Waals surface area contributed by atoms with Crippen molar-refractivity contribution in [2.24, 2.45) is 5.14 Å². The van der Waals surface area contributed by atoms with Gasteiger partial charge in [-0.1, -0.05) is 29.8 Å². The highest BCUT2D eigenvalue weighted by molar-refractivity contribution is 7.89. The van der Waals surface area contributed by atoms with Crippen LogP contribution in [0.5, 0.6) is 0 Å². The third-order valence-electron chi connectivity index (χ3n) is 3.88. The van der Waals surface area contributed by atoms with Crippen molar-refractivity contribution in [3.05, 3.63) is 59.2 Å². The van der Waals surface area contributed by atoms with Crippen LogP contribution in [-0.4, -0.2) is 8.42 Å². The van der Waals surface area contributed by atoms with E-state index in [1.807, 2.05) is 6.07 Å². The SMILES string of the molecule is Cc1ccc2c(c1)C(Nc1cccc(S(N)(=O)=O)c1)CC2. The molecule has 0 saturated carbocycles. The van der Waals surface area contributed by atoms with Gasteiger partial charge in [0.1, 0.15) is 0 Å². The Morgan fingerprint density at radius 2 is 2.00 bits per heavy atom. The molecule has 0 amide bonds. The summed E-state index contributed by atoms with van der Waals surface area (Å²) >= 11 is 0. The Morgan fingerprint density at radius 3 is 2.76 bits per heavy atom. The molecular formula is C16H18N2O2S. The number of fused-ring (bicyclic) bond motifs is 1. The number of rotatable bonds is 3. The molecule has 3 N–H and O–H groups in total. The molecule has 1 aliphatic rings. The molecule has 3 rings (SSSR count). The summed E-state index contributed by atoms with van der Waals surface area (Å²) in [6.07, 6.45) is 2.06. The van der Waals surface area contributed by atoms with Crippen molar-refractivity contribution in [1.29, 1.82) is 0 Å². The van der Waals surface area contributed by atoms with E-state index < -0.39 is 10.0 Å². The summed E-state index contributed by atoms with van der Waals surface area (Å²) in [5.41, 5.74) is 4.68. The van der Waals surface area contributed by atoms with Gasteiger partial charge in [0.25, 0.3) is 0 Å². The molecule has 0 aliphatic heterocycles. The maximum atomic E-state index is 11.4. The Labute approximate surface area is 125 Å². The Morgan fingerprint density at radius 1 is 1.19 bits per heavy atom. The molecule has 0 spiro atoms. The quantitative estimate of drug-likeness (QED) is 0.915. The molecule has 5 heteroatoms. The first-order valence-electron chi connectivity index (χ1n) is 6.92. The molecule has 1 atom stereocenters. The second-order valence-corrected chi connectivity index (χ2v) is 7.07. The lowest BCUT2D eigenvalue weighted by Gasteiger charge is -2.16. The van der Waals surface area contributed by atoms with Gasteiger partial charge >= 0.3 is 0 Å². The topological polar surface area (TPSA) is 72.2 Å². The first kappa shape index (κ1) is 14.1. The number of benzene rings is 2. The van der Waals surface area contributed by atoms with Gasteiger partial charge in [-0.3, -0.25) is 0 Å². The summed E-state index contributed by atoms with van der Waals surface area (Å²) in [5.74, 6) is 0. The lowest BCUT2D eigenvalue weighted by Crippen LogP contribution is -2.13. The lowest BCUT2D eigenvalue weighted by atomic mass is 10.0. The molecule has 0 heterocycles. The monoisotopic (exact) mass is 302 g/mol. The van der Waals surface area contributed by atoms with Crippen molar-refractivity contribution >= 4 is 15.7 Å². The summed E-state index contributed by atoms with van der Waals surface area (Å²) < 4.78 is 22.8. The Balaban J connectivity index is 1.88. The van der Waals surface area contributed by atoms with E-state index in [1.54, 1.807) is 12.1 Å². The van der Waals surface area contributed by atoms with E-state index in [1.165, 1.54) is 22.8 Å². The van der Waals surface area contributed by atoms with Crippen LogP contribution in [0.2, 0.25) is 0 Å². The van der Waals surface area contributed by atoms with Gasteiger partial charge in [0.15, 0.2) is 0 Å². The number of aryl methyl sites for hydroxylation is 2. The molecule has 2 aromatic carbocycles. The fourth-order valence-corrected chi connectivity index (χ4v) is 3.40. The highest BCUT2D eigenvalue weighted by atomic mass is 32.2. The predicted molar refractivity (Wildman–Crippen MR) is 83.7 cm³/mol. The smallest absolute Gasteiger partial charge is 0.238 e. The van der Waals surface area contributed by atoms with Crippen LogP contribution in [0.1, 0.15) is 29.2 Å². The second-order valence-electron chi connectivity index (χ2n) is 5.51. The predicted octanol–water partition coefficient (Wildman–Crippen LogP) is 2.74. The van der Waals surface area contributed by atoms with E-state index >= 15 is 0 Å². The number of nitrogens with one attached hydrogen (secondary N) is 1. The first-order valence-corrected chi connectivity index (χ1v) is 8.47. The Bertz CT molecular complexity index is 785. The van der Waals surface area contributed by atoms with Gasteiger partial charge in [-0.05, 0) is 49.1 Å². The zero-order valence-electron chi connectivity index (χ0n) is 11.8. The first-order chi connectivity index (χ1) is 9.93. The minimum Gasteiger partial charge on any atom is -0.378 e. The number of nitrogens with two attached hydrogens (primary N) is 1. The van der Waals surface area contributed by atoms with Gasteiger partial charge in [0.2, 0.25) is 10.0 Å². The zero-order chi connectivity index (χ0) is 15.0. The van der Waals surface area contributed by atoms with Gasteiger partial charge in [-0.2, -0.15) is 0 Å². The average molecular weight is 302 g/mol. The van der Waals surface area contributed by atoms with Crippen LogP contribution in [0.25, 0.3) is 0 Å². The van der Waals surface area contributed by atoms with Gasteiger partial charge in [0, 0.05) is 5.69 Å². The molecule has 0 aromatic heterocycles. The fraction of sp³-hybridized carbons (Fsp3) is 0.250. The zero-order valence-corrected chi connectivity index (χ0v) is 12.7. The van der Waals surface area contributed by atoms with Gasteiger partial charge < -0.3 is 5.32 Å². The van der Waals surface area contributed by atoms with E-state index in [0.717, 1.165) is 18.5 Å². The molecular weight excluding hydrogens is 284 g/mol. The van der Waals surface area contributed by atoms with Gasteiger partial charge in [0.05, 0.1) is 10.9 Å². The van der Waals surface area contributed by atoms with E-state index in [0.29, 0.717) is 0 Å². The third kappa shape index (κ3) is 2.94. The largest absolute Gasteiger partial charge is 0.378 e. The van der Waals surface area contributed by atoms with Crippen LogP contribution in [0.4, 0.5) is 5.69 Å². The van der Waals surface area contributed by atoms with Crippen molar-refractivity contribution in [1.82, 2.24) is 0 Å². The molecule has 1 aliphatic carbocycles. The fourth-order valence-electron chi connectivity index (χ4n) is 2.84. The number of sulfonamides is 1. The van der Waals surface area contributed by atoms with Crippen molar-refractivity contribution in [3.63, 3.8) is 0 Å². The van der Waals surface area contributed by atoms with E-state index in [4.69, 9.17) is 5.14 Å². The average Bonchev–Trinajstić information content (AvgIpc) is 2.81. The molecule has 0 bridgehead atoms. The molecule has 2 aromatic rings. The van der Waals surface area contributed by atoms with Crippen molar-refractivity contribution in [2.45, 2.75) is 30.7 Å². The molecule has 0 fully saturated rings. The molecule has 1 unspecified atom stereocenters. The maximum Gasteiger partial charge on any atom is 0.238 e. The van der Waals surface area contributed by atoms with Crippen molar-refractivity contribution in [2.75, 3.05) is 5.32 Å². The second kappa shape index (κ2) is 5.16. The van der Waals surface area contributed by atoms with Crippen LogP contribution in [0.3, 0.4) is 0 Å². The highest BCUT2D eigenvalue weighted by Crippen LogP contribution is 2.34. The van der Waals surface area contributed by atoms with E-state index in [-0.39, 0.29) is 10.9 Å². The summed E-state index contributed by atoms with van der Waals surface area (Å²) in [7, 11) is -3.67. The summed E-state index contributed by atoms with van der Waals surface area (Å²) in [6, 6.07) is 13.4. The highest BCUT2D eigenvalue weighted by Gasteiger charge is 2.22. The van der Waals surface area contributed by atoms with Crippen LogP contribution in [-0.2, 0) is 16.4 Å². The molecule has 0 saturated heterocycles. The van der Waals surface area contributed by atoms with Crippen LogP contribution in [0.15, 0.2) is 47.4 Å². The minimum absolute atomic E-state index is 0.134. The number of hydrogen-bond acceptors (Lipinski definition) is 3. The molecule has 110 valence electrons. The summed E-state index contributed by atoms with van der Waals surface area (Å²) in [4.78, 5) is 0.134. The summed E-state index contributed by atoms with van der Waals surface area (Å²) in [6.45, 7) is 2.08. The Kier molecular flexibility index (Phi) is 3.47. The number of primary sulfonamides is 1. The van der Waals surface area contributed by atoms with E-state index in [2.05, 4.69) is 30.4 Å². The van der Waals surface area contributed by atoms with Crippen LogP contribution < -0.4 is 10.5 Å². The van der Waals surface area contributed by atoms with Crippen LogP contribution >= 0.6 is 0 Å². The van der Waals surface area contributed by atoms with Gasteiger partial charge in [-0.25, -0.2) is 13.6 Å². The third-order valence-corrected chi connectivity index (χ3v) is 4.79. The van der Waals surface area contributed by atoms with E-state index in [9.17, 15) is 8.42 Å². The molecule has 4 nitrogen and oxygen atoms in total. The molecule has 0 radical (unpaired) electrons. The Hall–Kier alpha value is -1.85. The number of hydrogen-bond donors (Lipinski definition) is 2. The molecule has 21 heavy (non-hydrogen) atoms. The van der Waals surface area contributed by atoms with Crippen molar-refractivity contribution in [3.8, 4) is 0 Å². The van der Waals surface area contributed by atoms with Gasteiger partial charge in [-0.15, -0.1) is 0 Å².